The molecule has 0 amide bonds. The van der Waals surface area contributed by atoms with Crippen LogP contribution in [0.1, 0.15) is 30.4 Å². The first-order chi connectivity index (χ1) is 13.5. The first kappa shape index (κ1) is 21.2. The maximum atomic E-state index is 11.9. The highest BCUT2D eigenvalue weighted by molar-refractivity contribution is 7.51. The van der Waals surface area contributed by atoms with Gasteiger partial charge in [0, 0.05) is 6.61 Å². The standard InChI is InChI=1S/C22H29O5P/c23-28(24,25)17-21(27-22-13-7-8-14-26-22)20(15-18-9-3-1-4-10-18)16-19-11-5-2-6-12-19/h1-6,9-12,20-22H,7-8,13-17H2,(H2,23,24,25). The summed E-state index contributed by atoms with van der Waals surface area (Å²) in [6.45, 7) is 0.634. The Morgan fingerprint density at radius 2 is 1.54 bits per heavy atom. The van der Waals surface area contributed by atoms with E-state index in [1.807, 2.05) is 60.7 Å². The topological polar surface area (TPSA) is 76.0 Å². The number of benzene rings is 2. The molecule has 2 atom stereocenters. The van der Waals surface area contributed by atoms with E-state index in [1.54, 1.807) is 0 Å². The van der Waals surface area contributed by atoms with E-state index in [0.717, 1.165) is 30.4 Å². The van der Waals surface area contributed by atoms with Crippen molar-refractivity contribution in [2.24, 2.45) is 5.92 Å². The van der Waals surface area contributed by atoms with Crippen molar-refractivity contribution < 1.29 is 23.8 Å². The largest absolute Gasteiger partial charge is 0.353 e. The van der Waals surface area contributed by atoms with Crippen LogP contribution in [0.25, 0.3) is 0 Å². The van der Waals surface area contributed by atoms with E-state index in [4.69, 9.17) is 9.47 Å². The minimum atomic E-state index is -4.23. The van der Waals surface area contributed by atoms with Gasteiger partial charge < -0.3 is 19.3 Å². The van der Waals surface area contributed by atoms with Crippen LogP contribution in [-0.4, -0.2) is 34.9 Å². The van der Waals surface area contributed by atoms with Gasteiger partial charge in [0.2, 0.25) is 0 Å². The molecule has 3 rings (SSSR count). The zero-order chi connectivity index (χ0) is 19.8. The fourth-order valence-electron chi connectivity index (χ4n) is 3.72. The lowest BCUT2D eigenvalue weighted by molar-refractivity contribution is -0.193. The highest BCUT2D eigenvalue weighted by atomic mass is 31.2. The average Bonchev–Trinajstić information content (AvgIpc) is 2.68. The molecule has 6 heteroatoms. The molecule has 0 spiro atoms. The van der Waals surface area contributed by atoms with Crippen molar-refractivity contribution in [3.63, 3.8) is 0 Å². The van der Waals surface area contributed by atoms with Gasteiger partial charge >= 0.3 is 7.60 Å². The van der Waals surface area contributed by atoms with E-state index in [1.165, 1.54) is 0 Å². The number of hydrogen-bond acceptors (Lipinski definition) is 3. The molecule has 2 aromatic rings. The van der Waals surface area contributed by atoms with Gasteiger partial charge in [-0.25, -0.2) is 0 Å². The van der Waals surface area contributed by atoms with Gasteiger partial charge in [-0.05, 0) is 49.1 Å². The molecule has 0 bridgehead atoms. The molecule has 1 heterocycles. The summed E-state index contributed by atoms with van der Waals surface area (Å²) in [6, 6.07) is 20.1. The molecule has 1 aliphatic heterocycles. The van der Waals surface area contributed by atoms with Gasteiger partial charge in [0.25, 0.3) is 0 Å². The van der Waals surface area contributed by atoms with Crippen LogP contribution in [0.4, 0.5) is 0 Å². The highest BCUT2D eigenvalue weighted by Crippen LogP contribution is 2.39. The van der Waals surface area contributed by atoms with Crippen LogP contribution in [0.5, 0.6) is 0 Å². The number of hydrogen-bond donors (Lipinski definition) is 2. The smallest absolute Gasteiger partial charge is 0.328 e. The third-order valence-electron chi connectivity index (χ3n) is 5.09. The molecule has 1 aliphatic rings. The monoisotopic (exact) mass is 404 g/mol. The van der Waals surface area contributed by atoms with Crippen LogP contribution >= 0.6 is 7.60 Å². The van der Waals surface area contributed by atoms with Gasteiger partial charge in [0.1, 0.15) is 0 Å². The van der Waals surface area contributed by atoms with Gasteiger partial charge in [0.15, 0.2) is 6.29 Å². The Kier molecular flexibility index (Phi) is 7.83. The Labute approximate surface area is 166 Å². The van der Waals surface area contributed by atoms with Crippen molar-refractivity contribution in [1.29, 1.82) is 0 Å². The lowest BCUT2D eigenvalue weighted by Crippen LogP contribution is -2.37. The maximum absolute atomic E-state index is 11.9. The van der Waals surface area contributed by atoms with Crippen LogP contribution in [0, 0.1) is 5.92 Å². The quantitative estimate of drug-likeness (QED) is 0.614. The second-order valence-corrected chi connectivity index (χ2v) is 9.15. The predicted octanol–water partition coefficient (Wildman–Crippen LogP) is 4.18. The van der Waals surface area contributed by atoms with E-state index in [-0.39, 0.29) is 18.4 Å². The molecular weight excluding hydrogens is 375 g/mol. The molecule has 1 saturated heterocycles. The van der Waals surface area contributed by atoms with Crippen molar-refractivity contribution in [2.45, 2.75) is 44.5 Å². The van der Waals surface area contributed by atoms with Crippen LogP contribution in [0.15, 0.2) is 60.7 Å². The molecule has 2 N–H and O–H groups in total. The van der Waals surface area contributed by atoms with Crippen molar-refractivity contribution in [3.8, 4) is 0 Å². The predicted molar refractivity (Wildman–Crippen MR) is 109 cm³/mol. The van der Waals surface area contributed by atoms with E-state index in [0.29, 0.717) is 19.4 Å². The Balaban J connectivity index is 1.83. The summed E-state index contributed by atoms with van der Waals surface area (Å²) >= 11 is 0. The molecule has 2 unspecified atom stereocenters. The highest BCUT2D eigenvalue weighted by Gasteiger charge is 2.32. The van der Waals surface area contributed by atoms with Crippen LogP contribution in [0.3, 0.4) is 0 Å². The summed E-state index contributed by atoms with van der Waals surface area (Å²) in [5, 5.41) is 0. The Bertz CT molecular complexity index is 699. The Morgan fingerprint density at radius 1 is 0.964 bits per heavy atom. The molecule has 0 saturated carbocycles. The summed E-state index contributed by atoms with van der Waals surface area (Å²) in [5.41, 5.74) is 2.26. The summed E-state index contributed by atoms with van der Waals surface area (Å²) in [7, 11) is -4.23. The zero-order valence-corrected chi connectivity index (χ0v) is 16.9. The third-order valence-corrected chi connectivity index (χ3v) is 5.93. The van der Waals surface area contributed by atoms with Crippen molar-refractivity contribution in [1.82, 2.24) is 0 Å². The number of ether oxygens (including phenoxy) is 2. The summed E-state index contributed by atoms with van der Waals surface area (Å²) in [4.78, 5) is 19.4. The fraction of sp³-hybridized carbons (Fsp3) is 0.455. The molecule has 152 valence electrons. The van der Waals surface area contributed by atoms with E-state index in [9.17, 15) is 14.4 Å². The molecule has 0 aliphatic carbocycles. The van der Waals surface area contributed by atoms with Crippen LogP contribution in [-0.2, 0) is 26.9 Å². The Hall–Kier alpha value is -1.49. The van der Waals surface area contributed by atoms with Crippen molar-refractivity contribution in [3.05, 3.63) is 71.8 Å². The maximum Gasteiger partial charge on any atom is 0.328 e. The van der Waals surface area contributed by atoms with Gasteiger partial charge in [-0.3, -0.25) is 4.57 Å². The van der Waals surface area contributed by atoms with E-state index in [2.05, 4.69) is 0 Å². The number of rotatable bonds is 9. The van der Waals surface area contributed by atoms with E-state index >= 15 is 0 Å². The normalized spacial score (nSPS) is 18.9. The molecule has 2 aromatic carbocycles. The van der Waals surface area contributed by atoms with Gasteiger partial charge in [-0.15, -0.1) is 0 Å². The SMILES string of the molecule is O=P(O)(O)CC(OC1CCCCO1)C(Cc1ccccc1)Cc1ccccc1. The summed E-state index contributed by atoms with van der Waals surface area (Å²) < 4.78 is 23.7. The summed E-state index contributed by atoms with van der Waals surface area (Å²) in [6.07, 6.45) is 2.89. The third kappa shape index (κ3) is 7.16. The van der Waals surface area contributed by atoms with Gasteiger partial charge in [-0.2, -0.15) is 0 Å². The first-order valence-electron chi connectivity index (χ1n) is 9.89. The average molecular weight is 404 g/mol. The fourth-order valence-corrected chi connectivity index (χ4v) is 4.57. The lowest BCUT2D eigenvalue weighted by atomic mass is 9.88. The van der Waals surface area contributed by atoms with Crippen molar-refractivity contribution >= 4 is 7.60 Å². The van der Waals surface area contributed by atoms with Gasteiger partial charge in [-0.1, -0.05) is 60.7 Å². The second kappa shape index (κ2) is 10.3. The molecule has 28 heavy (non-hydrogen) atoms. The van der Waals surface area contributed by atoms with Crippen LogP contribution < -0.4 is 0 Å². The molecule has 1 fully saturated rings. The molecule has 5 nitrogen and oxygen atoms in total. The van der Waals surface area contributed by atoms with Crippen LogP contribution in [0.2, 0.25) is 0 Å². The first-order valence-corrected chi connectivity index (χ1v) is 11.7. The minimum absolute atomic E-state index is 0.0667. The minimum Gasteiger partial charge on any atom is -0.353 e. The van der Waals surface area contributed by atoms with Gasteiger partial charge in [0.05, 0.1) is 12.3 Å². The van der Waals surface area contributed by atoms with E-state index < -0.39 is 13.7 Å². The molecule has 0 aromatic heterocycles. The van der Waals surface area contributed by atoms with Crippen molar-refractivity contribution in [2.75, 3.05) is 12.8 Å². The molecular formula is C22H29O5P. The lowest BCUT2D eigenvalue weighted by Gasteiger charge is -2.33. The Morgan fingerprint density at radius 3 is 2.00 bits per heavy atom. The molecule has 0 radical (unpaired) electrons. The zero-order valence-electron chi connectivity index (χ0n) is 16.0. The second-order valence-electron chi connectivity index (χ2n) is 7.46. The summed E-state index contributed by atoms with van der Waals surface area (Å²) in [5.74, 6) is -0.0667.